The van der Waals surface area contributed by atoms with Gasteiger partial charge in [0.1, 0.15) is 5.69 Å². The van der Waals surface area contributed by atoms with Gasteiger partial charge in [0.2, 0.25) is 5.76 Å². The Bertz CT molecular complexity index is 926. The van der Waals surface area contributed by atoms with Crippen molar-refractivity contribution >= 4 is 5.91 Å². The zero-order chi connectivity index (χ0) is 19.5. The molecule has 0 aliphatic heterocycles. The van der Waals surface area contributed by atoms with Crippen molar-refractivity contribution in [1.82, 2.24) is 20.3 Å². The second kappa shape index (κ2) is 7.98. The van der Waals surface area contributed by atoms with E-state index in [0.29, 0.717) is 17.3 Å². The number of carbonyl (C=O) groups is 1. The number of hydrogen-bond acceptors (Lipinski definition) is 5. The third-order valence-corrected chi connectivity index (χ3v) is 5.23. The Morgan fingerprint density at radius 3 is 2.82 bits per heavy atom. The molecule has 1 fully saturated rings. The van der Waals surface area contributed by atoms with Crippen LogP contribution in [0.3, 0.4) is 0 Å². The van der Waals surface area contributed by atoms with Crippen LogP contribution in [0, 0.1) is 5.92 Å². The van der Waals surface area contributed by atoms with Crippen LogP contribution in [0.5, 0.6) is 0 Å². The van der Waals surface area contributed by atoms with Crippen LogP contribution in [0.2, 0.25) is 0 Å². The summed E-state index contributed by atoms with van der Waals surface area (Å²) in [6.07, 6.45) is 4.27. The van der Waals surface area contributed by atoms with Crippen molar-refractivity contribution in [3.8, 4) is 11.3 Å². The minimum Gasteiger partial charge on any atom is -0.387 e. The van der Waals surface area contributed by atoms with Gasteiger partial charge in [0.05, 0.1) is 11.8 Å². The average Bonchev–Trinajstić information content (AvgIpc) is 3.33. The predicted molar refractivity (Wildman–Crippen MR) is 103 cm³/mol. The van der Waals surface area contributed by atoms with Crippen molar-refractivity contribution in [2.24, 2.45) is 5.92 Å². The van der Waals surface area contributed by atoms with Crippen molar-refractivity contribution in [3.05, 3.63) is 60.1 Å². The lowest BCUT2D eigenvalue weighted by atomic mass is 9.78. The Morgan fingerprint density at radius 1 is 1.32 bits per heavy atom. The SMILES string of the molecule is C[C@H](O)c1ccn(CC[C@H]2C[C@H](NC(=O)c3cc(-c4ccccc4)no3)C2)n1. The average molecular weight is 380 g/mol. The van der Waals surface area contributed by atoms with Crippen molar-refractivity contribution in [2.45, 2.75) is 44.9 Å². The number of aliphatic hydroxyl groups is 1. The van der Waals surface area contributed by atoms with Crippen molar-refractivity contribution < 1.29 is 14.4 Å². The molecule has 1 aliphatic carbocycles. The van der Waals surface area contributed by atoms with Gasteiger partial charge in [-0.15, -0.1) is 0 Å². The van der Waals surface area contributed by atoms with Crippen LogP contribution in [0.25, 0.3) is 11.3 Å². The third-order valence-electron chi connectivity index (χ3n) is 5.23. The first-order chi connectivity index (χ1) is 13.6. The summed E-state index contributed by atoms with van der Waals surface area (Å²) in [6.45, 7) is 2.53. The molecule has 4 rings (SSSR count). The molecule has 2 N–H and O–H groups in total. The summed E-state index contributed by atoms with van der Waals surface area (Å²) in [5.41, 5.74) is 2.28. The third kappa shape index (κ3) is 4.14. The maximum atomic E-state index is 12.4. The second-order valence-electron chi connectivity index (χ2n) is 7.42. The Balaban J connectivity index is 1.22. The molecule has 0 saturated heterocycles. The summed E-state index contributed by atoms with van der Waals surface area (Å²) in [5.74, 6) is 0.593. The molecule has 1 saturated carbocycles. The number of aromatic nitrogens is 3. The van der Waals surface area contributed by atoms with Gasteiger partial charge in [-0.05, 0) is 38.2 Å². The Hall–Kier alpha value is -2.93. The number of aryl methyl sites for hydroxylation is 1. The number of rotatable bonds is 7. The molecule has 2 aromatic heterocycles. The quantitative estimate of drug-likeness (QED) is 0.657. The first kappa shape index (κ1) is 18.4. The van der Waals surface area contributed by atoms with Gasteiger partial charge in [-0.2, -0.15) is 5.10 Å². The van der Waals surface area contributed by atoms with E-state index in [0.717, 1.165) is 31.4 Å². The van der Waals surface area contributed by atoms with E-state index in [9.17, 15) is 9.90 Å². The minimum atomic E-state index is -0.539. The summed E-state index contributed by atoms with van der Waals surface area (Å²) in [5, 5.41) is 20.9. The highest BCUT2D eigenvalue weighted by molar-refractivity contribution is 5.92. The van der Waals surface area contributed by atoms with Crippen molar-refractivity contribution in [1.29, 1.82) is 0 Å². The van der Waals surface area contributed by atoms with E-state index >= 15 is 0 Å². The lowest BCUT2D eigenvalue weighted by Gasteiger charge is -2.35. The molecule has 7 nitrogen and oxygen atoms in total. The largest absolute Gasteiger partial charge is 0.387 e. The monoisotopic (exact) mass is 380 g/mol. The maximum absolute atomic E-state index is 12.4. The van der Waals surface area contributed by atoms with Gasteiger partial charge in [0, 0.05) is 30.4 Å². The molecule has 0 radical (unpaired) electrons. The molecular formula is C21H24N4O3. The first-order valence-corrected chi connectivity index (χ1v) is 9.63. The number of hydrogen-bond donors (Lipinski definition) is 2. The van der Waals surface area contributed by atoms with Gasteiger partial charge in [-0.3, -0.25) is 9.48 Å². The van der Waals surface area contributed by atoms with Gasteiger partial charge >= 0.3 is 0 Å². The van der Waals surface area contributed by atoms with Crippen LogP contribution >= 0.6 is 0 Å². The van der Waals surface area contributed by atoms with Crippen molar-refractivity contribution in [2.75, 3.05) is 0 Å². The molecule has 7 heteroatoms. The zero-order valence-electron chi connectivity index (χ0n) is 15.8. The van der Waals surface area contributed by atoms with E-state index in [2.05, 4.69) is 15.6 Å². The summed E-state index contributed by atoms with van der Waals surface area (Å²) < 4.78 is 7.08. The number of benzene rings is 1. The van der Waals surface area contributed by atoms with Crippen LogP contribution < -0.4 is 5.32 Å². The molecule has 1 aromatic carbocycles. The number of nitrogens with one attached hydrogen (secondary N) is 1. The van der Waals surface area contributed by atoms with Gasteiger partial charge in [-0.25, -0.2) is 0 Å². The molecule has 0 spiro atoms. The van der Waals surface area contributed by atoms with E-state index in [1.807, 2.05) is 47.3 Å². The van der Waals surface area contributed by atoms with Crippen LogP contribution in [-0.2, 0) is 6.54 Å². The van der Waals surface area contributed by atoms with Crippen LogP contribution in [-0.4, -0.2) is 32.0 Å². The Kier molecular flexibility index (Phi) is 5.25. The number of carbonyl (C=O) groups excluding carboxylic acids is 1. The molecule has 3 aromatic rings. The number of nitrogens with zero attached hydrogens (tertiary/aromatic N) is 3. The highest BCUT2D eigenvalue weighted by atomic mass is 16.5. The molecule has 2 heterocycles. The molecule has 28 heavy (non-hydrogen) atoms. The Labute approximate surface area is 163 Å². The van der Waals surface area contributed by atoms with Crippen LogP contribution in [0.4, 0.5) is 0 Å². The maximum Gasteiger partial charge on any atom is 0.290 e. The zero-order valence-corrected chi connectivity index (χ0v) is 15.8. The fourth-order valence-electron chi connectivity index (χ4n) is 3.51. The molecule has 0 bridgehead atoms. The Morgan fingerprint density at radius 2 is 2.11 bits per heavy atom. The van der Waals surface area contributed by atoms with Gasteiger partial charge in [-0.1, -0.05) is 35.5 Å². The molecular weight excluding hydrogens is 356 g/mol. The van der Waals surface area contributed by atoms with E-state index < -0.39 is 6.10 Å². The van der Waals surface area contributed by atoms with E-state index in [1.54, 1.807) is 13.0 Å². The fourth-order valence-corrected chi connectivity index (χ4v) is 3.51. The van der Waals surface area contributed by atoms with Gasteiger partial charge in [0.15, 0.2) is 0 Å². The fraction of sp³-hybridized carbons (Fsp3) is 0.381. The predicted octanol–water partition coefficient (Wildman–Crippen LogP) is 3.19. The number of aliphatic hydroxyl groups excluding tert-OH is 1. The lowest BCUT2D eigenvalue weighted by molar-refractivity contribution is 0.0846. The highest BCUT2D eigenvalue weighted by Crippen LogP contribution is 2.31. The summed E-state index contributed by atoms with van der Waals surface area (Å²) in [4.78, 5) is 12.4. The molecule has 146 valence electrons. The van der Waals surface area contributed by atoms with Crippen LogP contribution in [0.1, 0.15) is 48.5 Å². The van der Waals surface area contributed by atoms with E-state index in [-0.39, 0.29) is 17.7 Å². The standard InChI is InChI=1S/C21H24N4O3/c1-14(26)18-8-10-25(23-18)9-7-15-11-17(12-15)22-21(27)20-13-19(24-28-20)16-5-3-2-4-6-16/h2-6,8,10,13-15,17,26H,7,9,11-12H2,1H3,(H,22,27)/t14-,15-,17-/m0/s1. The topological polar surface area (TPSA) is 93.2 Å². The summed E-state index contributed by atoms with van der Waals surface area (Å²) in [6, 6.07) is 13.3. The molecule has 1 amide bonds. The van der Waals surface area contributed by atoms with E-state index in [4.69, 9.17) is 4.52 Å². The van der Waals surface area contributed by atoms with Gasteiger partial charge < -0.3 is 14.9 Å². The lowest BCUT2D eigenvalue weighted by Crippen LogP contribution is -2.44. The number of amides is 1. The van der Waals surface area contributed by atoms with Gasteiger partial charge in [0.25, 0.3) is 5.91 Å². The smallest absolute Gasteiger partial charge is 0.290 e. The molecule has 1 atom stereocenters. The normalized spacial score (nSPS) is 19.8. The first-order valence-electron chi connectivity index (χ1n) is 9.63. The van der Waals surface area contributed by atoms with E-state index in [1.165, 1.54) is 0 Å². The highest BCUT2D eigenvalue weighted by Gasteiger charge is 2.31. The van der Waals surface area contributed by atoms with Crippen molar-refractivity contribution in [3.63, 3.8) is 0 Å². The molecule has 0 unspecified atom stereocenters. The summed E-state index contributed by atoms with van der Waals surface area (Å²) in [7, 11) is 0. The van der Waals surface area contributed by atoms with Crippen LogP contribution in [0.15, 0.2) is 53.2 Å². The minimum absolute atomic E-state index is 0.174. The second-order valence-corrected chi connectivity index (χ2v) is 7.42. The molecule has 1 aliphatic rings. The summed E-state index contributed by atoms with van der Waals surface area (Å²) >= 11 is 0.